The third-order valence-electron chi connectivity index (χ3n) is 2.06. The van der Waals surface area contributed by atoms with Crippen LogP contribution in [0.2, 0.25) is 0 Å². The molecule has 0 radical (unpaired) electrons. The van der Waals surface area contributed by atoms with Crippen molar-refractivity contribution in [1.29, 1.82) is 0 Å². The molecule has 0 amide bonds. The smallest absolute Gasteiger partial charge is 0.184 e. The Bertz CT molecular complexity index is 265. The highest BCUT2D eigenvalue weighted by Crippen LogP contribution is 2.20. The minimum atomic E-state index is 0.243. The molecule has 0 spiro atoms. The Morgan fingerprint density at radius 2 is 1.83 bits per heavy atom. The monoisotopic (exact) mass is 164 g/mol. The second-order valence-electron chi connectivity index (χ2n) is 2.99. The van der Waals surface area contributed by atoms with E-state index in [1.54, 1.807) is 6.20 Å². The van der Waals surface area contributed by atoms with Crippen LogP contribution < -0.4 is 0 Å². The van der Waals surface area contributed by atoms with E-state index in [4.69, 9.17) is 0 Å². The first-order valence-electron chi connectivity index (χ1n) is 3.88. The van der Waals surface area contributed by atoms with E-state index in [0.29, 0.717) is 0 Å². The number of hydrogen-bond donors (Lipinski definition) is 0. The highest BCUT2D eigenvalue weighted by molar-refractivity contribution is 4.93. The summed E-state index contributed by atoms with van der Waals surface area (Å²) in [5.41, 5.74) is 0. The van der Waals surface area contributed by atoms with Gasteiger partial charge in [-0.25, -0.2) is 4.98 Å². The topological polar surface area (TPSA) is 24.3 Å². The molecule has 0 atom stereocenters. The van der Waals surface area contributed by atoms with E-state index in [1.807, 2.05) is 39.0 Å². The molecule has 1 aliphatic rings. The Kier molecular flexibility index (Phi) is 1.53. The zero-order valence-electron chi connectivity index (χ0n) is 7.25. The summed E-state index contributed by atoms with van der Waals surface area (Å²) in [6.45, 7) is 0. The Balaban J connectivity index is 2.25. The number of nitrogens with zero attached hydrogens (tertiary/aromatic N) is 4. The molecule has 0 N–H and O–H groups in total. The molecule has 0 bridgehead atoms. The molecule has 4 nitrogen and oxygen atoms in total. The standard InChI is InChI=1S/C8H12N4/c1-10-5-6-11(2)8(10)12-4-3-9-7-12/h3-8H,1-2H3. The van der Waals surface area contributed by atoms with Gasteiger partial charge in [0.15, 0.2) is 6.29 Å². The van der Waals surface area contributed by atoms with Gasteiger partial charge in [-0.1, -0.05) is 0 Å². The molecular formula is C8H12N4. The molecule has 0 saturated carbocycles. The number of aromatic nitrogens is 2. The lowest BCUT2D eigenvalue weighted by Gasteiger charge is -2.28. The van der Waals surface area contributed by atoms with Gasteiger partial charge in [-0.2, -0.15) is 0 Å². The van der Waals surface area contributed by atoms with E-state index >= 15 is 0 Å². The fourth-order valence-electron chi connectivity index (χ4n) is 1.48. The third kappa shape index (κ3) is 0.958. The molecule has 64 valence electrons. The van der Waals surface area contributed by atoms with Crippen LogP contribution in [0.15, 0.2) is 31.1 Å². The molecule has 0 saturated heterocycles. The van der Waals surface area contributed by atoms with Crippen LogP contribution >= 0.6 is 0 Å². The highest BCUT2D eigenvalue weighted by Gasteiger charge is 2.20. The van der Waals surface area contributed by atoms with Crippen molar-refractivity contribution in [2.45, 2.75) is 6.29 Å². The molecule has 0 unspecified atom stereocenters. The van der Waals surface area contributed by atoms with Crippen LogP contribution in [0.5, 0.6) is 0 Å². The van der Waals surface area contributed by atoms with Crippen molar-refractivity contribution in [2.75, 3.05) is 14.1 Å². The van der Waals surface area contributed by atoms with Crippen LogP contribution in [-0.4, -0.2) is 33.4 Å². The summed E-state index contributed by atoms with van der Waals surface area (Å²) in [5, 5.41) is 0. The van der Waals surface area contributed by atoms with Gasteiger partial charge in [-0.05, 0) is 0 Å². The van der Waals surface area contributed by atoms with E-state index in [-0.39, 0.29) is 6.29 Å². The van der Waals surface area contributed by atoms with Gasteiger partial charge in [-0.3, -0.25) is 4.57 Å². The van der Waals surface area contributed by atoms with Crippen molar-refractivity contribution in [3.63, 3.8) is 0 Å². The van der Waals surface area contributed by atoms with E-state index < -0.39 is 0 Å². The largest absolute Gasteiger partial charge is 0.342 e. The molecule has 4 heteroatoms. The lowest BCUT2D eigenvalue weighted by Crippen LogP contribution is -2.30. The second kappa shape index (κ2) is 2.55. The SMILES string of the molecule is CN1C=CN(C)C1n1ccnc1. The molecule has 12 heavy (non-hydrogen) atoms. The molecule has 0 fully saturated rings. The van der Waals surface area contributed by atoms with Crippen molar-refractivity contribution in [2.24, 2.45) is 0 Å². The summed E-state index contributed by atoms with van der Waals surface area (Å²) < 4.78 is 2.06. The fraction of sp³-hybridized carbons (Fsp3) is 0.375. The molecule has 0 aromatic carbocycles. The Morgan fingerprint density at radius 1 is 1.17 bits per heavy atom. The maximum absolute atomic E-state index is 4.02. The molecule has 2 heterocycles. The van der Waals surface area contributed by atoms with Crippen LogP contribution in [0.1, 0.15) is 6.29 Å². The summed E-state index contributed by atoms with van der Waals surface area (Å²) in [5.74, 6) is 0. The van der Waals surface area contributed by atoms with E-state index in [1.165, 1.54) is 0 Å². The predicted molar refractivity (Wildman–Crippen MR) is 45.9 cm³/mol. The molecule has 1 aromatic rings. The van der Waals surface area contributed by atoms with Crippen molar-refractivity contribution < 1.29 is 0 Å². The predicted octanol–water partition coefficient (Wildman–Crippen LogP) is 0.688. The molecule has 1 aromatic heterocycles. The van der Waals surface area contributed by atoms with Crippen LogP contribution in [0.3, 0.4) is 0 Å². The normalized spacial score (nSPS) is 17.8. The van der Waals surface area contributed by atoms with Crippen molar-refractivity contribution in [1.82, 2.24) is 19.4 Å². The van der Waals surface area contributed by atoms with Gasteiger partial charge in [0.05, 0.1) is 6.33 Å². The van der Waals surface area contributed by atoms with Crippen LogP contribution in [0, 0.1) is 0 Å². The van der Waals surface area contributed by atoms with Crippen molar-refractivity contribution in [3.8, 4) is 0 Å². The lowest BCUT2D eigenvalue weighted by atomic mass is 10.6. The minimum Gasteiger partial charge on any atom is -0.342 e. The number of hydrogen-bond acceptors (Lipinski definition) is 3. The first kappa shape index (κ1) is 7.21. The van der Waals surface area contributed by atoms with Gasteiger partial charge >= 0.3 is 0 Å². The van der Waals surface area contributed by atoms with Gasteiger partial charge in [0.25, 0.3) is 0 Å². The van der Waals surface area contributed by atoms with E-state index in [0.717, 1.165) is 0 Å². The average Bonchev–Trinajstić information content (AvgIpc) is 2.61. The summed E-state index contributed by atoms with van der Waals surface area (Å²) in [4.78, 5) is 8.27. The summed E-state index contributed by atoms with van der Waals surface area (Å²) in [6, 6.07) is 0. The van der Waals surface area contributed by atoms with Crippen LogP contribution in [0.25, 0.3) is 0 Å². The third-order valence-corrected chi connectivity index (χ3v) is 2.06. The van der Waals surface area contributed by atoms with Gasteiger partial charge < -0.3 is 9.80 Å². The minimum absolute atomic E-state index is 0.243. The molecule has 2 rings (SSSR count). The highest BCUT2D eigenvalue weighted by atomic mass is 15.5. The zero-order valence-corrected chi connectivity index (χ0v) is 7.25. The number of imidazole rings is 1. The molecule has 1 aliphatic heterocycles. The fourth-order valence-corrected chi connectivity index (χ4v) is 1.48. The quantitative estimate of drug-likeness (QED) is 0.610. The lowest BCUT2D eigenvalue weighted by molar-refractivity contribution is 0.129. The van der Waals surface area contributed by atoms with Gasteiger partial charge in [0.1, 0.15) is 0 Å². The van der Waals surface area contributed by atoms with E-state index in [9.17, 15) is 0 Å². The zero-order chi connectivity index (χ0) is 8.55. The second-order valence-corrected chi connectivity index (χ2v) is 2.99. The first-order chi connectivity index (χ1) is 5.79. The van der Waals surface area contributed by atoms with Gasteiger partial charge in [-0.15, -0.1) is 0 Å². The average molecular weight is 164 g/mol. The maximum Gasteiger partial charge on any atom is 0.184 e. The summed E-state index contributed by atoms with van der Waals surface area (Å²) in [7, 11) is 4.09. The van der Waals surface area contributed by atoms with Crippen LogP contribution in [-0.2, 0) is 0 Å². The van der Waals surface area contributed by atoms with Gasteiger partial charge in [0.2, 0.25) is 0 Å². The van der Waals surface area contributed by atoms with Crippen molar-refractivity contribution in [3.05, 3.63) is 31.1 Å². The summed E-state index contributed by atoms with van der Waals surface area (Å²) in [6.07, 6.45) is 9.91. The molecule has 0 aliphatic carbocycles. The Morgan fingerprint density at radius 3 is 2.33 bits per heavy atom. The maximum atomic E-state index is 4.02. The van der Waals surface area contributed by atoms with E-state index in [2.05, 4.69) is 19.4 Å². The van der Waals surface area contributed by atoms with Gasteiger partial charge in [0, 0.05) is 38.9 Å². The summed E-state index contributed by atoms with van der Waals surface area (Å²) >= 11 is 0. The van der Waals surface area contributed by atoms with Crippen LogP contribution in [0.4, 0.5) is 0 Å². The number of rotatable bonds is 1. The first-order valence-corrected chi connectivity index (χ1v) is 3.88. The van der Waals surface area contributed by atoms with Crippen molar-refractivity contribution >= 4 is 0 Å². The Hall–Kier alpha value is -1.45. The Labute approximate surface area is 71.7 Å². The molecular weight excluding hydrogens is 152 g/mol.